The van der Waals surface area contributed by atoms with Gasteiger partial charge >= 0.3 is 0 Å². The number of nitrogens with zero attached hydrogens (tertiary/aromatic N) is 2. The van der Waals surface area contributed by atoms with Gasteiger partial charge in [-0.25, -0.2) is 9.97 Å². The maximum Gasteiger partial charge on any atom is 0.228 e. The van der Waals surface area contributed by atoms with Crippen molar-refractivity contribution in [3.63, 3.8) is 0 Å². The first-order chi connectivity index (χ1) is 14.6. The van der Waals surface area contributed by atoms with Crippen LogP contribution < -0.4 is 10.6 Å². The smallest absolute Gasteiger partial charge is 0.228 e. The molecular weight excluding hydrogens is 489 g/mol. The van der Waals surface area contributed by atoms with Crippen molar-refractivity contribution < 1.29 is 4.79 Å². The van der Waals surface area contributed by atoms with Crippen LogP contribution in [0.5, 0.6) is 0 Å². The number of benzene rings is 2. The Kier molecular flexibility index (Phi) is 4.90. The van der Waals surface area contributed by atoms with Crippen molar-refractivity contribution in [1.29, 1.82) is 0 Å². The Bertz CT molecular complexity index is 1280. The van der Waals surface area contributed by atoms with Crippen molar-refractivity contribution in [2.45, 2.75) is 19.8 Å². The lowest BCUT2D eigenvalue weighted by Crippen LogP contribution is -2.13. The normalized spacial score (nSPS) is 12.8. The van der Waals surface area contributed by atoms with Gasteiger partial charge in [-0.2, -0.15) is 0 Å². The fraction of sp³-hybridized carbons (Fsp3) is 0.174. The van der Waals surface area contributed by atoms with Crippen LogP contribution in [-0.4, -0.2) is 27.4 Å². The molecule has 0 aliphatic carbocycles. The molecule has 2 aromatic heterocycles. The fourth-order valence-corrected chi connectivity index (χ4v) is 4.50. The quantitative estimate of drug-likeness (QED) is 0.349. The van der Waals surface area contributed by atoms with E-state index in [9.17, 15) is 4.79 Å². The van der Waals surface area contributed by atoms with Gasteiger partial charge in [-0.3, -0.25) is 4.79 Å². The number of hydrogen-bond donors (Lipinski definition) is 3. The Morgan fingerprint density at radius 2 is 2.07 bits per heavy atom. The van der Waals surface area contributed by atoms with Gasteiger partial charge in [0.05, 0.1) is 17.8 Å². The molecule has 7 heteroatoms. The van der Waals surface area contributed by atoms with Gasteiger partial charge in [0.1, 0.15) is 0 Å². The van der Waals surface area contributed by atoms with E-state index >= 15 is 0 Å². The zero-order valence-electron chi connectivity index (χ0n) is 16.4. The molecule has 3 heterocycles. The molecule has 0 unspecified atom stereocenters. The summed E-state index contributed by atoms with van der Waals surface area (Å²) < 4.78 is 1.07. The minimum atomic E-state index is -0.0453. The number of hydrogen-bond acceptors (Lipinski definition) is 4. The Balaban J connectivity index is 1.40. The number of aromatic amines is 1. The number of amides is 1. The van der Waals surface area contributed by atoms with Crippen LogP contribution in [0.4, 0.5) is 11.6 Å². The maximum absolute atomic E-state index is 12.3. The molecule has 5 rings (SSSR count). The van der Waals surface area contributed by atoms with Crippen LogP contribution in [-0.2, 0) is 17.6 Å². The van der Waals surface area contributed by atoms with Gasteiger partial charge in [0, 0.05) is 44.0 Å². The number of aryl methyl sites for hydroxylation is 1. The molecule has 0 fully saturated rings. The monoisotopic (exact) mass is 509 g/mol. The molecule has 150 valence electrons. The van der Waals surface area contributed by atoms with Crippen LogP contribution in [0, 0.1) is 10.5 Å². The van der Waals surface area contributed by atoms with Gasteiger partial charge in [-0.05, 0) is 65.8 Å². The highest BCUT2D eigenvalue weighted by atomic mass is 127. The number of carbonyl (C=O) groups excluding carboxylic acids is 1. The average molecular weight is 509 g/mol. The number of para-hydroxylation sites is 1. The van der Waals surface area contributed by atoms with Gasteiger partial charge in [-0.15, -0.1) is 0 Å². The second-order valence-corrected chi connectivity index (χ2v) is 8.68. The van der Waals surface area contributed by atoms with E-state index in [2.05, 4.69) is 68.3 Å². The molecule has 0 saturated carbocycles. The van der Waals surface area contributed by atoms with Crippen molar-refractivity contribution >= 4 is 51.0 Å². The maximum atomic E-state index is 12.3. The van der Waals surface area contributed by atoms with Crippen LogP contribution in [0.2, 0.25) is 0 Å². The van der Waals surface area contributed by atoms with E-state index in [1.165, 1.54) is 16.6 Å². The molecule has 2 aromatic carbocycles. The van der Waals surface area contributed by atoms with E-state index in [1.807, 2.05) is 24.3 Å². The number of rotatable bonds is 4. The largest absolute Gasteiger partial charge is 0.358 e. The number of carbonyl (C=O) groups is 1. The first-order valence-electron chi connectivity index (χ1n) is 9.84. The predicted octanol–water partition coefficient (Wildman–Crippen LogP) is 4.69. The van der Waals surface area contributed by atoms with E-state index in [0.29, 0.717) is 5.95 Å². The van der Waals surface area contributed by atoms with Crippen LogP contribution in [0.25, 0.3) is 22.2 Å². The molecule has 6 nitrogen and oxygen atoms in total. The van der Waals surface area contributed by atoms with Crippen molar-refractivity contribution in [3.8, 4) is 11.3 Å². The molecule has 1 amide bonds. The molecular formula is C23H20IN5O. The molecule has 1 aliphatic heterocycles. The first kappa shape index (κ1) is 19.0. The molecule has 30 heavy (non-hydrogen) atoms. The molecule has 3 N–H and O–H groups in total. The number of aromatic nitrogens is 3. The van der Waals surface area contributed by atoms with E-state index in [4.69, 9.17) is 4.98 Å². The third-order valence-electron chi connectivity index (χ3n) is 5.41. The molecule has 0 spiro atoms. The summed E-state index contributed by atoms with van der Waals surface area (Å²) in [5, 5.41) is 7.59. The Morgan fingerprint density at radius 1 is 1.20 bits per heavy atom. The Morgan fingerprint density at radius 3 is 2.97 bits per heavy atom. The summed E-state index contributed by atoms with van der Waals surface area (Å²) in [4.78, 5) is 24.9. The third-order valence-corrected chi connectivity index (χ3v) is 6.08. The first-order valence-corrected chi connectivity index (χ1v) is 10.9. The highest BCUT2D eigenvalue weighted by molar-refractivity contribution is 14.1. The molecule has 0 atom stereocenters. The topological polar surface area (TPSA) is 82.7 Å². The van der Waals surface area contributed by atoms with Gasteiger partial charge in [-0.1, -0.05) is 18.2 Å². The number of anilines is 2. The molecule has 0 bridgehead atoms. The average Bonchev–Trinajstić information content (AvgIpc) is 2.96. The summed E-state index contributed by atoms with van der Waals surface area (Å²) in [6, 6.07) is 14.4. The van der Waals surface area contributed by atoms with E-state index in [0.717, 1.165) is 44.6 Å². The van der Waals surface area contributed by atoms with Crippen molar-refractivity contribution in [2.24, 2.45) is 0 Å². The second-order valence-electron chi connectivity index (χ2n) is 7.43. The third kappa shape index (κ3) is 3.54. The number of nitrogens with one attached hydrogen (secondary N) is 3. The number of H-pyrrole nitrogens is 1. The molecule has 0 radical (unpaired) electrons. The zero-order valence-corrected chi connectivity index (χ0v) is 18.6. The molecule has 1 aliphatic rings. The summed E-state index contributed by atoms with van der Waals surface area (Å²) in [5.74, 6) is 0.529. The van der Waals surface area contributed by atoms with E-state index in [-0.39, 0.29) is 12.3 Å². The SMILES string of the molecule is Cc1[nH]c2ccccc2c1CCNc1ncc2c(n1)-c1ccc(I)cc1NC(=O)C2. The highest BCUT2D eigenvalue weighted by Crippen LogP contribution is 2.33. The standard InChI is InChI=1S/C23H20IN5O/c1-13-16(17-4-2-3-5-19(17)27-13)8-9-25-23-26-12-14-10-21(30)28-20-11-15(24)6-7-18(20)22(14)29-23/h2-7,11-12,27H,8-10H2,1H3,(H,28,30)(H,25,26,29). The summed E-state index contributed by atoms with van der Waals surface area (Å²) in [7, 11) is 0. The summed E-state index contributed by atoms with van der Waals surface area (Å²) in [5.41, 5.74) is 7.02. The minimum Gasteiger partial charge on any atom is -0.358 e. The summed E-state index contributed by atoms with van der Waals surface area (Å²) in [6.45, 7) is 2.83. The van der Waals surface area contributed by atoms with Crippen LogP contribution in [0.15, 0.2) is 48.7 Å². The second kappa shape index (κ2) is 7.71. The molecule has 0 saturated heterocycles. The lowest BCUT2D eigenvalue weighted by molar-refractivity contribution is -0.115. The summed E-state index contributed by atoms with van der Waals surface area (Å²) >= 11 is 2.24. The lowest BCUT2D eigenvalue weighted by atomic mass is 10.1. The van der Waals surface area contributed by atoms with Gasteiger partial charge in [0.25, 0.3) is 0 Å². The van der Waals surface area contributed by atoms with E-state index in [1.54, 1.807) is 6.20 Å². The minimum absolute atomic E-state index is 0.0453. The van der Waals surface area contributed by atoms with E-state index < -0.39 is 0 Å². The van der Waals surface area contributed by atoms with Crippen LogP contribution in [0.1, 0.15) is 16.8 Å². The van der Waals surface area contributed by atoms with Crippen molar-refractivity contribution in [2.75, 3.05) is 17.2 Å². The van der Waals surface area contributed by atoms with Gasteiger partial charge in [0.2, 0.25) is 11.9 Å². The van der Waals surface area contributed by atoms with Crippen LogP contribution >= 0.6 is 22.6 Å². The predicted molar refractivity (Wildman–Crippen MR) is 128 cm³/mol. The molecule has 4 aromatic rings. The van der Waals surface area contributed by atoms with Crippen LogP contribution in [0.3, 0.4) is 0 Å². The Hall–Kier alpha value is -2.94. The zero-order chi connectivity index (χ0) is 20.7. The lowest BCUT2D eigenvalue weighted by Gasteiger charge is -2.11. The van der Waals surface area contributed by atoms with Crippen molar-refractivity contribution in [3.05, 3.63) is 69.1 Å². The fourth-order valence-electron chi connectivity index (χ4n) is 4.00. The highest BCUT2D eigenvalue weighted by Gasteiger charge is 2.21. The Labute approximate surface area is 187 Å². The van der Waals surface area contributed by atoms with Gasteiger partial charge < -0.3 is 15.6 Å². The number of fused-ring (bicyclic) bond motifs is 4. The number of halogens is 1. The van der Waals surface area contributed by atoms with Gasteiger partial charge in [0.15, 0.2) is 0 Å². The van der Waals surface area contributed by atoms with Crippen molar-refractivity contribution in [1.82, 2.24) is 15.0 Å². The summed E-state index contributed by atoms with van der Waals surface area (Å²) in [6.07, 6.45) is 2.90.